The van der Waals surface area contributed by atoms with Crippen LogP contribution in [0, 0.1) is 0 Å². The van der Waals surface area contributed by atoms with Crippen molar-refractivity contribution in [2.24, 2.45) is 0 Å². The maximum atomic E-state index is 12.6. The van der Waals surface area contributed by atoms with E-state index in [-0.39, 0.29) is 5.91 Å². The van der Waals surface area contributed by atoms with Gasteiger partial charge in [0.2, 0.25) is 0 Å². The van der Waals surface area contributed by atoms with Crippen molar-refractivity contribution in [3.05, 3.63) is 53.3 Å². The Morgan fingerprint density at radius 1 is 1.14 bits per heavy atom. The fraction of sp³-hybridized carbons (Fsp3) is 0.294. The first kappa shape index (κ1) is 15.0. The van der Waals surface area contributed by atoms with Crippen LogP contribution in [0.4, 0.5) is 11.4 Å². The molecule has 1 aromatic heterocycles. The van der Waals surface area contributed by atoms with E-state index >= 15 is 0 Å². The van der Waals surface area contributed by atoms with Crippen LogP contribution in [0.2, 0.25) is 0 Å². The van der Waals surface area contributed by atoms with Crippen molar-refractivity contribution in [2.75, 3.05) is 17.7 Å². The van der Waals surface area contributed by atoms with Crippen molar-refractivity contribution in [2.45, 2.75) is 26.7 Å². The molecule has 1 heterocycles. The van der Waals surface area contributed by atoms with Crippen LogP contribution in [0.3, 0.4) is 0 Å². The maximum absolute atomic E-state index is 12.6. The summed E-state index contributed by atoms with van der Waals surface area (Å²) in [6.07, 6.45) is 5.06. The highest BCUT2D eigenvalue weighted by Crippen LogP contribution is 2.24. The Kier molecular flexibility index (Phi) is 4.93. The first-order valence-corrected chi connectivity index (χ1v) is 7.25. The van der Waals surface area contributed by atoms with Gasteiger partial charge >= 0.3 is 0 Å². The Hall–Kier alpha value is -2.36. The molecule has 4 nitrogen and oxygen atoms in total. The monoisotopic (exact) mass is 283 g/mol. The van der Waals surface area contributed by atoms with Gasteiger partial charge in [-0.2, -0.15) is 0 Å². The third kappa shape index (κ3) is 3.21. The van der Waals surface area contributed by atoms with Gasteiger partial charge in [0.15, 0.2) is 0 Å². The summed E-state index contributed by atoms with van der Waals surface area (Å²) in [4.78, 5) is 16.6. The van der Waals surface area contributed by atoms with Crippen molar-refractivity contribution in [1.82, 2.24) is 4.98 Å². The number of nitrogens with zero attached hydrogens (tertiary/aromatic N) is 1. The molecule has 0 aliphatic rings. The van der Waals surface area contributed by atoms with Crippen LogP contribution in [0.1, 0.15) is 35.3 Å². The Bertz CT molecular complexity index is 615. The van der Waals surface area contributed by atoms with Crippen LogP contribution in [0.15, 0.2) is 36.7 Å². The van der Waals surface area contributed by atoms with E-state index in [1.165, 1.54) is 0 Å². The van der Waals surface area contributed by atoms with Crippen molar-refractivity contribution >= 4 is 17.3 Å². The molecule has 0 spiro atoms. The van der Waals surface area contributed by atoms with E-state index in [0.29, 0.717) is 5.56 Å². The molecule has 0 atom stereocenters. The molecule has 0 unspecified atom stereocenters. The third-order valence-electron chi connectivity index (χ3n) is 3.57. The quantitative estimate of drug-likeness (QED) is 0.883. The zero-order valence-electron chi connectivity index (χ0n) is 12.7. The number of anilines is 2. The minimum atomic E-state index is -0.114. The molecule has 1 aromatic carbocycles. The lowest BCUT2D eigenvalue weighted by molar-refractivity contribution is 0.102. The number of aromatic nitrogens is 1. The minimum Gasteiger partial charge on any atom is -0.386 e. The first-order chi connectivity index (χ1) is 10.2. The van der Waals surface area contributed by atoms with Gasteiger partial charge in [0.25, 0.3) is 5.91 Å². The molecule has 110 valence electrons. The average molecular weight is 283 g/mol. The van der Waals surface area contributed by atoms with Crippen molar-refractivity contribution in [3.63, 3.8) is 0 Å². The number of benzene rings is 1. The summed E-state index contributed by atoms with van der Waals surface area (Å²) in [5, 5.41) is 6.06. The summed E-state index contributed by atoms with van der Waals surface area (Å²) >= 11 is 0. The molecule has 0 radical (unpaired) electrons. The highest BCUT2D eigenvalue weighted by Gasteiger charge is 2.14. The number of amides is 1. The number of carbonyl (C=O) groups excluding carboxylic acids is 1. The fourth-order valence-corrected chi connectivity index (χ4v) is 2.38. The normalized spacial score (nSPS) is 10.2. The lowest BCUT2D eigenvalue weighted by atomic mass is 10.0. The van der Waals surface area contributed by atoms with Crippen LogP contribution in [-0.2, 0) is 12.8 Å². The third-order valence-corrected chi connectivity index (χ3v) is 3.57. The number of hydrogen-bond acceptors (Lipinski definition) is 3. The summed E-state index contributed by atoms with van der Waals surface area (Å²) in [6.45, 7) is 4.19. The molecule has 0 bridgehead atoms. The van der Waals surface area contributed by atoms with Crippen LogP contribution in [0.25, 0.3) is 0 Å². The van der Waals surface area contributed by atoms with Gasteiger partial charge < -0.3 is 10.6 Å². The number of pyridine rings is 1. The Morgan fingerprint density at radius 3 is 2.38 bits per heavy atom. The molecular weight excluding hydrogens is 262 g/mol. The second-order valence-corrected chi connectivity index (χ2v) is 4.78. The molecule has 21 heavy (non-hydrogen) atoms. The highest BCUT2D eigenvalue weighted by molar-refractivity contribution is 6.08. The van der Waals surface area contributed by atoms with Crippen LogP contribution in [0.5, 0.6) is 0 Å². The molecule has 0 saturated carbocycles. The topological polar surface area (TPSA) is 54.0 Å². The molecule has 4 heteroatoms. The lowest BCUT2D eigenvalue weighted by Gasteiger charge is -2.15. The molecule has 2 rings (SSSR count). The molecule has 2 N–H and O–H groups in total. The number of nitrogens with one attached hydrogen (secondary N) is 2. The molecule has 2 aromatic rings. The van der Waals surface area contributed by atoms with Crippen LogP contribution < -0.4 is 10.6 Å². The first-order valence-electron chi connectivity index (χ1n) is 7.25. The van der Waals surface area contributed by atoms with Gasteiger partial charge in [-0.25, -0.2) is 0 Å². The molecule has 0 aliphatic heterocycles. The largest absolute Gasteiger partial charge is 0.386 e. The van der Waals surface area contributed by atoms with Crippen molar-refractivity contribution in [3.8, 4) is 0 Å². The molecule has 0 fully saturated rings. The second-order valence-electron chi connectivity index (χ2n) is 4.78. The van der Waals surface area contributed by atoms with E-state index in [0.717, 1.165) is 35.3 Å². The molecule has 1 amide bonds. The second kappa shape index (κ2) is 6.88. The van der Waals surface area contributed by atoms with Gasteiger partial charge in [-0.3, -0.25) is 9.78 Å². The minimum absolute atomic E-state index is 0.114. The molecule has 0 aliphatic carbocycles. The zero-order chi connectivity index (χ0) is 15.2. The van der Waals surface area contributed by atoms with Crippen molar-refractivity contribution < 1.29 is 4.79 Å². The summed E-state index contributed by atoms with van der Waals surface area (Å²) in [5.41, 5.74) is 4.57. The van der Waals surface area contributed by atoms with E-state index in [4.69, 9.17) is 0 Å². The maximum Gasteiger partial charge on any atom is 0.257 e. The number of aryl methyl sites for hydroxylation is 2. The Balaban J connectivity index is 2.36. The van der Waals surface area contributed by atoms with Gasteiger partial charge in [-0.1, -0.05) is 32.0 Å². The predicted octanol–water partition coefficient (Wildman–Crippen LogP) is 3.50. The number of rotatable bonds is 5. The van der Waals surface area contributed by atoms with E-state index < -0.39 is 0 Å². The van der Waals surface area contributed by atoms with E-state index in [2.05, 4.69) is 41.6 Å². The van der Waals surface area contributed by atoms with Gasteiger partial charge in [-0.15, -0.1) is 0 Å². The fourth-order valence-electron chi connectivity index (χ4n) is 2.38. The van der Waals surface area contributed by atoms with Gasteiger partial charge in [-0.05, 0) is 30.0 Å². The summed E-state index contributed by atoms with van der Waals surface area (Å²) < 4.78 is 0. The smallest absolute Gasteiger partial charge is 0.257 e. The van der Waals surface area contributed by atoms with E-state index in [1.807, 2.05) is 6.07 Å². The standard InChI is InChI=1S/C17H21N3O/c1-4-12-7-6-8-13(5-2)16(12)20-17(21)14-9-10-19-11-15(14)18-3/h6-11,18H,4-5H2,1-3H3,(H,20,21). The summed E-state index contributed by atoms with van der Waals surface area (Å²) in [6, 6.07) is 7.88. The van der Waals surface area contributed by atoms with Crippen molar-refractivity contribution in [1.29, 1.82) is 0 Å². The zero-order valence-corrected chi connectivity index (χ0v) is 12.7. The Labute approximate surface area is 125 Å². The SMILES string of the molecule is CCc1cccc(CC)c1NC(=O)c1ccncc1NC. The van der Waals surface area contributed by atoms with Gasteiger partial charge in [0.1, 0.15) is 0 Å². The predicted molar refractivity (Wildman–Crippen MR) is 86.9 cm³/mol. The van der Waals surface area contributed by atoms with Gasteiger partial charge in [0.05, 0.1) is 17.4 Å². The number of hydrogen-bond donors (Lipinski definition) is 2. The highest BCUT2D eigenvalue weighted by atomic mass is 16.1. The lowest BCUT2D eigenvalue weighted by Crippen LogP contribution is -2.16. The molecule has 0 saturated heterocycles. The summed E-state index contributed by atoms with van der Waals surface area (Å²) in [7, 11) is 1.78. The average Bonchev–Trinajstić information content (AvgIpc) is 2.54. The van der Waals surface area contributed by atoms with Gasteiger partial charge in [0, 0.05) is 18.9 Å². The Morgan fingerprint density at radius 2 is 1.81 bits per heavy atom. The molecular formula is C17H21N3O. The number of carbonyl (C=O) groups is 1. The number of para-hydroxylation sites is 1. The van der Waals surface area contributed by atoms with E-state index in [9.17, 15) is 4.79 Å². The summed E-state index contributed by atoms with van der Waals surface area (Å²) in [5.74, 6) is -0.114. The van der Waals surface area contributed by atoms with E-state index in [1.54, 1.807) is 25.5 Å². The van der Waals surface area contributed by atoms with Crippen LogP contribution >= 0.6 is 0 Å². The van der Waals surface area contributed by atoms with Crippen LogP contribution in [-0.4, -0.2) is 17.9 Å².